The Morgan fingerprint density at radius 3 is 2.67 bits per heavy atom. The number of aromatic nitrogens is 2. The molecule has 3 aromatic heterocycles. The summed E-state index contributed by atoms with van der Waals surface area (Å²) in [5.74, 6) is -0.992. The van der Waals surface area contributed by atoms with E-state index in [2.05, 4.69) is 17.2 Å². The van der Waals surface area contributed by atoms with Crippen molar-refractivity contribution in [3.05, 3.63) is 79.0 Å². The summed E-state index contributed by atoms with van der Waals surface area (Å²) in [6, 6.07) is 9.32. The van der Waals surface area contributed by atoms with Crippen molar-refractivity contribution in [1.29, 1.82) is 0 Å². The number of benzene rings is 1. The van der Waals surface area contributed by atoms with E-state index in [1.807, 2.05) is 30.3 Å². The molecular weight excluding hydrogens is 538 g/mol. The van der Waals surface area contributed by atoms with Gasteiger partial charge in [-0.1, -0.05) is 37.3 Å². The van der Waals surface area contributed by atoms with E-state index in [1.54, 1.807) is 6.92 Å². The number of fused-ring (bicyclic) bond motifs is 2. The third kappa shape index (κ3) is 5.37. The molecule has 9 nitrogen and oxygen atoms in total. The largest absolute Gasteiger partial charge is 0.465 e. The van der Waals surface area contributed by atoms with Crippen molar-refractivity contribution in [3.63, 3.8) is 0 Å². The highest BCUT2D eigenvalue weighted by atomic mass is 32.1. The van der Waals surface area contributed by atoms with Crippen LogP contribution in [0.25, 0.3) is 10.2 Å². The van der Waals surface area contributed by atoms with Gasteiger partial charge in [0.05, 0.1) is 24.4 Å². The number of methoxy groups -OCH3 is 1. The molecule has 0 radical (unpaired) electrons. The summed E-state index contributed by atoms with van der Waals surface area (Å²) in [5.41, 5.74) is 2.21. The third-order valence-corrected chi connectivity index (χ3v) is 9.13. The van der Waals surface area contributed by atoms with Crippen molar-refractivity contribution < 1.29 is 23.9 Å². The second kappa shape index (κ2) is 11.1. The van der Waals surface area contributed by atoms with E-state index in [4.69, 9.17) is 9.47 Å². The van der Waals surface area contributed by atoms with Crippen LogP contribution < -0.4 is 10.9 Å². The van der Waals surface area contributed by atoms with Crippen LogP contribution >= 0.6 is 22.7 Å². The maximum absolute atomic E-state index is 13.3. The summed E-state index contributed by atoms with van der Waals surface area (Å²) in [6.07, 6.45) is 3.85. The number of aryl methyl sites for hydroxylation is 1. The van der Waals surface area contributed by atoms with Crippen molar-refractivity contribution in [3.8, 4) is 0 Å². The molecule has 1 amide bonds. The first-order valence-corrected chi connectivity index (χ1v) is 14.1. The van der Waals surface area contributed by atoms with Crippen LogP contribution in [-0.2, 0) is 40.3 Å². The number of nitrogens with zero attached hydrogens (tertiary/aromatic N) is 2. The van der Waals surface area contributed by atoms with Gasteiger partial charge >= 0.3 is 11.9 Å². The van der Waals surface area contributed by atoms with Gasteiger partial charge < -0.3 is 14.8 Å². The summed E-state index contributed by atoms with van der Waals surface area (Å²) in [6.45, 7) is 3.65. The normalized spacial score (nSPS) is 14.6. The number of nitrogens with one attached hydrogen (secondary N) is 1. The van der Waals surface area contributed by atoms with E-state index in [0.29, 0.717) is 31.8 Å². The Bertz CT molecular complexity index is 1640. The molecule has 0 saturated heterocycles. The van der Waals surface area contributed by atoms with Gasteiger partial charge in [0, 0.05) is 4.88 Å². The predicted molar refractivity (Wildman–Crippen MR) is 150 cm³/mol. The molecule has 1 atom stereocenters. The molecule has 0 saturated carbocycles. The van der Waals surface area contributed by atoms with Gasteiger partial charge in [-0.2, -0.15) is 0 Å². The lowest BCUT2D eigenvalue weighted by molar-refractivity contribution is -0.116. The molecule has 1 N–H and O–H groups in total. The van der Waals surface area contributed by atoms with Crippen LogP contribution in [0, 0.1) is 12.8 Å². The van der Waals surface area contributed by atoms with Crippen LogP contribution in [0.15, 0.2) is 41.5 Å². The van der Waals surface area contributed by atoms with E-state index < -0.39 is 23.4 Å². The van der Waals surface area contributed by atoms with Crippen LogP contribution in [0.1, 0.15) is 54.9 Å². The average molecular weight is 566 g/mol. The second-order valence-corrected chi connectivity index (χ2v) is 11.7. The number of carbonyl (C=O) groups excluding carboxylic acids is 3. The molecule has 0 aliphatic heterocycles. The molecule has 202 valence electrons. The molecule has 1 unspecified atom stereocenters. The summed E-state index contributed by atoms with van der Waals surface area (Å²) in [4.78, 5) is 57.7. The lowest BCUT2D eigenvalue weighted by Crippen LogP contribution is -2.28. The monoisotopic (exact) mass is 565 g/mol. The quantitative estimate of drug-likeness (QED) is 0.322. The van der Waals surface area contributed by atoms with Crippen LogP contribution in [-0.4, -0.2) is 34.5 Å². The standard InChI is InChI=1S/C28H27N3O6S2/c1-15-9-10-18-19(11-15)38-25(22(18)27(34)36-3)30-20(32)12-31-14-29-24-21(26(31)33)16(2)23(39-24)28(35)37-13-17-7-5-4-6-8-17/h4-8,14-15H,9-13H2,1-3H3,(H,30,32). The van der Waals surface area contributed by atoms with Gasteiger partial charge in [-0.15, -0.1) is 22.7 Å². The molecule has 1 aromatic carbocycles. The number of amides is 1. The van der Waals surface area contributed by atoms with Gasteiger partial charge in [-0.25, -0.2) is 14.6 Å². The number of carbonyl (C=O) groups is 3. The molecule has 1 aliphatic rings. The molecule has 11 heteroatoms. The van der Waals surface area contributed by atoms with Crippen molar-refractivity contribution in [1.82, 2.24) is 9.55 Å². The molecule has 0 fully saturated rings. The Hall–Kier alpha value is -3.83. The Morgan fingerprint density at radius 2 is 1.92 bits per heavy atom. The SMILES string of the molecule is COC(=O)c1c(NC(=O)Cn2cnc3sc(C(=O)OCc4ccccc4)c(C)c3c2=O)sc2c1CCC(C)C2. The second-order valence-electron chi connectivity index (χ2n) is 9.57. The molecule has 4 aromatic rings. The lowest BCUT2D eigenvalue weighted by Gasteiger charge is -2.18. The van der Waals surface area contributed by atoms with E-state index in [-0.39, 0.29) is 18.5 Å². The highest BCUT2D eigenvalue weighted by molar-refractivity contribution is 7.20. The Labute approximate surface area is 232 Å². The van der Waals surface area contributed by atoms with Crippen molar-refractivity contribution in [2.75, 3.05) is 12.4 Å². The minimum absolute atomic E-state index is 0.115. The number of hydrogen-bond donors (Lipinski definition) is 1. The third-order valence-electron chi connectivity index (χ3n) is 6.78. The number of ether oxygens (including phenoxy) is 2. The zero-order valence-corrected chi connectivity index (χ0v) is 23.4. The van der Waals surface area contributed by atoms with Gasteiger partial charge in [0.25, 0.3) is 5.56 Å². The molecule has 5 rings (SSSR count). The number of hydrogen-bond acceptors (Lipinski definition) is 9. The van der Waals surface area contributed by atoms with Crippen molar-refractivity contribution in [2.45, 2.75) is 46.3 Å². The van der Waals surface area contributed by atoms with Gasteiger partial charge in [0.1, 0.15) is 27.9 Å². The fourth-order valence-corrected chi connectivity index (χ4v) is 7.18. The maximum atomic E-state index is 13.3. The van der Waals surface area contributed by atoms with Crippen LogP contribution in [0.2, 0.25) is 0 Å². The summed E-state index contributed by atoms with van der Waals surface area (Å²) in [7, 11) is 1.32. The predicted octanol–water partition coefficient (Wildman–Crippen LogP) is 4.74. The summed E-state index contributed by atoms with van der Waals surface area (Å²) >= 11 is 2.47. The highest BCUT2D eigenvalue weighted by Crippen LogP contribution is 2.40. The van der Waals surface area contributed by atoms with Crippen molar-refractivity contribution in [2.24, 2.45) is 5.92 Å². The maximum Gasteiger partial charge on any atom is 0.349 e. The molecule has 39 heavy (non-hydrogen) atoms. The molecule has 1 aliphatic carbocycles. The van der Waals surface area contributed by atoms with E-state index >= 15 is 0 Å². The van der Waals surface area contributed by atoms with Gasteiger partial charge in [-0.3, -0.25) is 14.2 Å². The smallest absolute Gasteiger partial charge is 0.349 e. The first kappa shape index (κ1) is 26.8. The van der Waals surface area contributed by atoms with E-state index in [0.717, 1.165) is 46.6 Å². The Morgan fingerprint density at radius 1 is 1.15 bits per heavy atom. The van der Waals surface area contributed by atoms with E-state index in [9.17, 15) is 19.2 Å². The topological polar surface area (TPSA) is 117 Å². The molecule has 0 spiro atoms. The number of esters is 2. The fraction of sp³-hybridized carbons (Fsp3) is 0.321. The Kier molecular flexibility index (Phi) is 7.62. The fourth-order valence-electron chi connectivity index (χ4n) is 4.73. The average Bonchev–Trinajstić information content (AvgIpc) is 3.45. The van der Waals surface area contributed by atoms with Crippen LogP contribution in [0.3, 0.4) is 0 Å². The minimum atomic E-state index is -0.533. The van der Waals surface area contributed by atoms with Crippen LogP contribution in [0.4, 0.5) is 5.00 Å². The lowest BCUT2D eigenvalue weighted by atomic mass is 9.88. The van der Waals surface area contributed by atoms with Crippen LogP contribution in [0.5, 0.6) is 0 Å². The summed E-state index contributed by atoms with van der Waals surface area (Å²) < 4.78 is 11.6. The Balaban J connectivity index is 1.36. The van der Waals surface area contributed by atoms with Gasteiger partial charge in [0.2, 0.25) is 5.91 Å². The number of rotatable bonds is 7. The zero-order chi connectivity index (χ0) is 27.7. The number of thiophene rings is 2. The highest BCUT2D eigenvalue weighted by Gasteiger charge is 2.29. The first-order valence-electron chi connectivity index (χ1n) is 12.5. The summed E-state index contributed by atoms with van der Waals surface area (Å²) in [5, 5.41) is 3.52. The first-order chi connectivity index (χ1) is 18.8. The van der Waals surface area contributed by atoms with Gasteiger partial charge in [0.15, 0.2) is 0 Å². The minimum Gasteiger partial charge on any atom is -0.465 e. The van der Waals surface area contributed by atoms with Crippen molar-refractivity contribution >= 4 is 55.7 Å². The van der Waals surface area contributed by atoms with E-state index in [1.165, 1.54) is 29.3 Å². The molecular formula is C28H27N3O6S2. The molecule has 0 bridgehead atoms. The van der Waals surface area contributed by atoms with Gasteiger partial charge in [-0.05, 0) is 48.8 Å². The molecule has 3 heterocycles. The zero-order valence-electron chi connectivity index (χ0n) is 21.7. The number of anilines is 1.